The van der Waals surface area contributed by atoms with Gasteiger partial charge in [-0.15, -0.1) is 0 Å². The van der Waals surface area contributed by atoms with Gasteiger partial charge < -0.3 is 15.0 Å². The van der Waals surface area contributed by atoms with Gasteiger partial charge in [0.2, 0.25) is 0 Å². The summed E-state index contributed by atoms with van der Waals surface area (Å²) in [5.74, 6) is 0. The zero-order chi connectivity index (χ0) is 14.5. The van der Waals surface area contributed by atoms with Crippen LogP contribution in [0, 0.1) is 0 Å². The molecule has 5 nitrogen and oxygen atoms in total. The van der Waals surface area contributed by atoms with Crippen LogP contribution in [0.2, 0.25) is 0 Å². The minimum atomic E-state index is -0.0369. The van der Waals surface area contributed by atoms with E-state index in [0.717, 1.165) is 30.6 Å². The van der Waals surface area contributed by atoms with Gasteiger partial charge in [-0.25, -0.2) is 4.79 Å². The average Bonchev–Trinajstić information content (AvgIpc) is 2.84. The van der Waals surface area contributed by atoms with Crippen LogP contribution < -0.4 is 11.0 Å². The molecule has 1 unspecified atom stereocenters. The van der Waals surface area contributed by atoms with Gasteiger partial charge in [0.15, 0.2) is 0 Å². The van der Waals surface area contributed by atoms with Crippen LogP contribution in [-0.4, -0.2) is 35.4 Å². The lowest BCUT2D eigenvalue weighted by Crippen LogP contribution is -2.37. The van der Waals surface area contributed by atoms with Crippen LogP contribution in [0.3, 0.4) is 0 Å². The maximum absolute atomic E-state index is 11.9. The number of para-hydroxylation sites is 2. The maximum atomic E-state index is 11.9. The summed E-state index contributed by atoms with van der Waals surface area (Å²) in [5, 5.41) is 3.47. The van der Waals surface area contributed by atoms with Crippen molar-refractivity contribution in [3.63, 3.8) is 0 Å². The van der Waals surface area contributed by atoms with E-state index < -0.39 is 0 Å². The van der Waals surface area contributed by atoms with Crippen molar-refractivity contribution in [3.05, 3.63) is 34.7 Å². The summed E-state index contributed by atoms with van der Waals surface area (Å²) in [4.78, 5) is 14.8. The van der Waals surface area contributed by atoms with Crippen LogP contribution in [-0.2, 0) is 11.3 Å². The topological polar surface area (TPSA) is 59.0 Å². The Morgan fingerprint density at radius 2 is 2.19 bits per heavy atom. The Hall–Kier alpha value is -1.59. The fourth-order valence-electron chi connectivity index (χ4n) is 2.95. The molecule has 0 saturated carbocycles. The fourth-order valence-corrected chi connectivity index (χ4v) is 2.95. The predicted octanol–water partition coefficient (Wildman–Crippen LogP) is 1.88. The number of H-pyrrole nitrogens is 1. The van der Waals surface area contributed by atoms with E-state index in [2.05, 4.69) is 10.3 Å². The van der Waals surface area contributed by atoms with Gasteiger partial charge in [-0.05, 0) is 37.9 Å². The second-order valence-electron chi connectivity index (χ2n) is 5.67. The van der Waals surface area contributed by atoms with Crippen LogP contribution in [0.1, 0.15) is 25.7 Å². The number of benzene rings is 1. The molecule has 1 fully saturated rings. The van der Waals surface area contributed by atoms with Crippen molar-refractivity contribution < 1.29 is 4.74 Å². The van der Waals surface area contributed by atoms with Crippen LogP contribution in [0.5, 0.6) is 0 Å². The number of nitrogens with zero attached hydrogens (tertiary/aromatic N) is 1. The number of rotatable bonds is 6. The van der Waals surface area contributed by atoms with Crippen molar-refractivity contribution in [3.8, 4) is 0 Å². The number of hydrogen-bond donors (Lipinski definition) is 2. The molecule has 3 rings (SSSR count). The monoisotopic (exact) mass is 289 g/mol. The number of ether oxygens (including phenoxy) is 1. The highest BCUT2D eigenvalue weighted by atomic mass is 16.5. The first-order chi connectivity index (χ1) is 10.3. The molecule has 2 heterocycles. The van der Waals surface area contributed by atoms with Crippen molar-refractivity contribution in [1.29, 1.82) is 0 Å². The van der Waals surface area contributed by atoms with E-state index >= 15 is 0 Å². The molecule has 0 amide bonds. The number of hydrogen-bond acceptors (Lipinski definition) is 3. The lowest BCUT2D eigenvalue weighted by atomic mass is 10.1. The molecule has 0 bridgehead atoms. The lowest BCUT2D eigenvalue weighted by Gasteiger charge is -2.23. The van der Waals surface area contributed by atoms with Crippen LogP contribution in [0.15, 0.2) is 29.1 Å². The van der Waals surface area contributed by atoms with Gasteiger partial charge in [-0.2, -0.15) is 0 Å². The summed E-state index contributed by atoms with van der Waals surface area (Å²) >= 11 is 0. The zero-order valence-corrected chi connectivity index (χ0v) is 12.3. The number of piperidine rings is 1. The number of fused-ring (bicyclic) bond motifs is 1. The molecule has 2 aromatic rings. The molecule has 1 aliphatic heterocycles. The van der Waals surface area contributed by atoms with Crippen molar-refractivity contribution in [2.24, 2.45) is 0 Å². The number of aryl methyl sites for hydroxylation is 1. The highest BCUT2D eigenvalue weighted by molar-refractivity contribution is 5.74. The highest BCUT2D eigenvalue weighted by Gasteiger charge is 2.12. The van der Waals surface area contributed by atoms with E-state index in [9.17, 15) is 4.79 Å². The third-order valence-electron chi connectivity index (χ3n) is 4.08. The number of nitrogens with one attached hydrogen (secondary N) is 2. The van der Waals surface area contributed by atoms with Crippen molar-refractivity contribution in [1.82, 2.24) is 14.9 Å². The minimum Gasteiger partial charge on any atom is -0.380 e. The van der Waals surface area contributed by atoms with E-state index in [4.69, 9.17) is 4.74 Å². The first kappa shape index (κ1) is 14.4. The Morgan fingerprint density at radius 1 is 1.29 bits per heavy atom. The normalized spacial score (nSPS) is 19.1. The molecule has 1 aromatic heterocycles. The molecule has 0 aliphatic carbocycles. The zero-order valence-electron chi connectivity index (χ0n) is 12.3. The van der Waals surface area contributed by atoms with E-state index in [0.29, 0.717) is 19.2 Å². The van der Waals surface area contributed by atoms with Crippen molar-refractivity contribution in [2.75, 3.05) is 19.8 Å². The third kappa shape index (κ3) is 3.54. The summed E-state index contributed by atoms with van der Waals surface area (Å²) in [5.41, 5.74) is 1.83. The van der Waals surface area contributed by atoms with Crippen molar-refractivity contribution in [2.45, 2.75) is 38.3 Å². The van der Waals surface area contributed by atoms with Gasteiger partial charge >= 0.3 is 5.69 Å². The number of imidazole rings is 1. The van der Waals surface area contributed by atoms with Gasteiger partial charge in [0, 0.05) is 19.2 Å². The summed E-state index contributed by atoms with van der Waals surface area (Å²) in [6.07, 6.45) is 4.64. The SMILES string of the molecule is O=c1[nH]c2ccccc2n1CCCOCC1CCCCN1. The molecule has 1 saturated heterocycles. The molecule has 5 heteroatoms. The summed E-state index contributed by atoms with van der Waals surface area (Å²) in [7, 11) is 0. The quantitative estimate of drug-likeness (QED) is 0.798. The minimum absolute atomic E-state index is 0.0369. The molecule has 2 N–H and O–H groups in total. The Kier molecular flexibility index (Phi) is 4.72. The standard InChI is InChI=1S/C16H23N3O2/c20-16-18-14-7-1-2-8-15(14)19(16)10-5-11-21-12-13-6-3-4-9-17-13/h1-2,7-8,13,17H,3-6,9-12H2,(H,18,20). The largest absolute Gasteiger partial charge is 0.380 e. The smallest absolute Gasteiger partial charge is 0.326 e. The van der Waals surface area contributed by atoms with E-state index in [1.807, 2.05) is 24.3 Å². The first-order valence-corrected chi connectivity index (χ1v) is 7.83. The van der Waals surface area contributed by atoms with E-state index in [1.54, 1.807) is 4.57 Å². The van der Waals surface area contributed by atoms with Gasteiger partial charge in [0.05, 0.1) is 17.6 Å². The molecule has 114 valence electrons. The molecule has 1 aliphatic rings. The molecular weight excluding hydrogens is 266 g/mol. The molecule has 0 radical (unpaired) electrons. The van der Waals surface area contributed by atoms with Gasteiger partial charge in [-0.3, -0.25) is 4.57 Å². The predicted molar refractivity (Wildman–Crippen MR) is 83.6 cm³/mol. The van der Waals surface area contributed by atoms with Crippen LogP contribution >= 0.6 is 0 Å². The molecular formula is C16H23N3O2. The average molecular weight is 289 g/mol. The first-order valence-electron chi connectivity index (χ1n) is 7.83. The Balaban J connectivity index is 1.46. The number of aromatic amines is 1. The Labute approximate surface area is 124 Å². The molecule has 21 heavy (non-hydrogen) atoms. The maximum Gasteiger partial charge on any atom is 0.326 e. The van der Waals surface area contributed by atoms with E-state index in [-0.39, 0.29) is 5.69 Å². The summed E-state index contributed by atoms with van der Waals surface area (Å²) in [6.45, 7) is 3.28. The van der Waals surface area contributed by atoms with Gasteiger partial charge in [-0.1, -0.05) is 18.6 Å². The molecule has 0 spiro atoms. The van der Waals surface area contributed by atoms with Gasteiger partial charge in [0.1, 0.15) is 0 Å². The highest BCUT2D eigenvalue weighted by Crippen LogP contribution is 2.10. The van der Waals surface area contributed by atoms with Crippen LogP contribution in [0.4, 0.5) is 0 Å². The summed E-state index contributed by atoms with van der Waals surface area (Å²) in [6, 6.07) is 8.30. The Bertz CT molecular complexity index is 626. The second kappa shape index (κ2) is 6.91. The van der Waals surface area contributed by atoms with Gasteiger partial charge in [0.25, 0.3) is 0 Å². The summed E-state index contributed by atoms with van der Waals surface area (Å²) < 4.78 is 7.52. The van der Waals surface area contributed by atoms with Crippen molar-refractivity contribution >= 4 is 11.0 Å². The lowest BCUT2D eigenvalue weighted by molar-refractivity contribution is 0.0989. The second-order valence-corrected chi connectivity index (χ2v) is 5.67. The Morgan fingerprint density at radius 3 is 3.05 bits per heavy atom. The van der Waals surface area contributed by atoms with Crippen LogP contribution in [0.25, 0.3) is 11.0 Å². The fraction of sp³-hybridized carbons (Fsp3) is 0.562. The number of aromatic nitrogens is 2. The third-order valence-corrected chi connectivity index (χ3v) is 4.08. The molecule has 1 aromatic carbocycles. The van der Waals surface area contributed by atoms with E-state index in [1.165, 1.54) is 19.3 Å². The molecule has 1 atom stereocenters.